The number of hydrogen-bond donors (Lipinski definition) is 2. The number of hydrogen-bond acceptors (Lipinski definition) is 6. The van der Waals surface area contributed by atoms with Crippen molar-refractivity contribution in [3.05, 3.63) is 107 Å². The minimum Gasteiger partial charge on any atom is -0.464 e. The number of nitrogens with one attached hydrogen (secondary N) is 2. The lowest BCUT2D eigenvalue weighted by molar-refractivity contribution is -0.130. The van der Waals surface area contributed by atoms with Gasteiger partial charge in [-0.25, -0.2) is 0 Å². The van der Waals surface area contributed by atoms with Crippen molar-refractivity contribution in [3.63, 3.8) is 0 Å². The summed E-state index contributed by atoms with van der Waals surface area (Å²) in [5.41, 5.74) is 7.14. The molecule has 4 aromatic heterocycles. The first-order valence-electron chi connectivity index (χ1n) is 14.5. The monoisotopic (exact) mass is 594 g/mol. The summed E-state index contributed by atoms with van der Waals surface area (Å²) in [6, 6.07) is 19.7. The van der Waals surface area contributed by atoms with Crippen LogP contribution < -0.4 is 10.6 Å². The van der Waals surface area contributed by atoms with Crippen molar-refractivity contribution in [3.8, 4) is 0 Å². The van der Waals surface area contributed by atoms with E-state index in [1.165, 1.54) is 0 Å². The van der Waals surface area contributed by atoms with Crippen molar-refractivity contribution < 1.29 is 18.4 Å². The van der Waals surface area contributed by atoms with Crippen LogP contribution in [0.15, 0.2) is 82.0 Å². The number of amides is 2. The van der Waals surface area contributed by atoms with Crippen molar-refractivity contribution in [2.45, 2.75) is 46.7 Å². The van der Waals surface area contributed by atoms with Gasteiger partial charge in [-0.05, 0) is 73.5 Å². The average molecular weight is 595 g/mol. The van der Waals surface area contributed by atoms with Crippen LogP contribution in [0.3, 0.4) is 0 Å². The Kier molecular flexibility index (Phi) is 8.99. The summed E-state index contributed by atoms with van der Waals surface area (Å²) in [7, 11) is 3.85. The second-order valence-electron chi connectivity index (χ2n) is 11.5. The Morgan fingerprint density at radius 1 is 0.795 bits per heavy atom. The Hall–Kier alpha value is -5.12. The van der Waals surface area contributed by atoms with Crippen LogP contribution in [0.1, 0.15) is 40.8 Å². The predicted molar refractivity (Wildman–Crippen MR) is 169 cm³/mol. The number of fused-ring (bicyclic) bond motifs is 2. The molecule has 4 heterocycles. The van der Waals surface area contributed by atoms with Gasteiger partial charge in [-0.2, -0.15) is 10.2 Å². The number of rotatable bonds is 10. The number of nitrogens with zero attached hydrogens (tertiary/aromatic N) is 4. The standard InChI is InChI=1S/C24H29N5O2.C10H9NO2/c1-16-10-20(28(4)26-16)13-24(3,14-21-11-17(2)27-29(21)5)23(30)25-15-18-6-7-22-19(12-18)8-9-31-22;12-7-11-6-8-1-2-10-9(5-8)3-4-13-10/h6-12H,13-15H2,1-5H3,(H,25,30);1-5,7H,6H2,(H,11,12). The van der Waals surface area contributed by atoms with Crippen LogP contribution in [0.5, 0.6) is 0 Å². The van der Waals surface area contributed by atoms with Crippen molar-refractivity contribution >= 4 is 34.3 Å². The fraction of sp³-hybridized carbons (Fsp3) is 0.294. The lowest BCUT2D eigenvalue weighted by Gasteiger charge is -2.28. The summed E-state index contributed by atoms with van der Waals surface area (Å²) in [6.45, 7) is 6.98. The molecule has 0 radical (unpaired) electrons. The van der Waals surface area contributed by atoms with Gasteiger partial charge in [-0.15, -0.1) is 0 Å². The van der Waals surface area contributed by atoms with E-state index in [1.807, 2.05) is 105 Å². The van der Waals surface area contributed by atoms with Crippen molar-refractivity contribution in [2.75, 3.05) is 0 Å². The molecule has 10 heteroatoms. The number of furan rings is 2. The molecule has 10 nitrogen and oxygen atoms in total. The van der Waals surface area contributed by atoms with Crippen LogP contribution in [-0.4, -0.2) is 31.9 Å². The number of aryl methyl sites for hydroxylation is 4. The molecule has 0 unspecified atom stereocenters. The summed E-state index contributed by atoms with van der Waals surface area (Å²) in [6.07, 6.45) is 5.19. The van der Waals surface area contributed by atoms with Crippen LogP contribution in [0.2, 0.25) is 0 Å². The molecule has 228 valence electrons. The van der Waals surface area contributed by atoms with Crippen LogP contribution in [0.25, 0.3) is 21.9 Å². The van der Waals surface area contributed by atoms with Crippen LogP contribution in [0.4, 0.5) is 0 Å². The molecule has 0 spiro atoms. The molecule has 0 aliphatic heterocycles. The van der Waals surface area contributed by atoms with Gasteiger partial charge in [0, 0.05) is 62.2 Å². The summed E-state index contributed by atoms with van der Waals surface area (Å²) < 4.78 is 14.3. The Morgan fingerprint density at radius 3 is 1.75 bits per heavy atom. The van der Waals surface area contributed by atoms with Gasteiger partial charge in [0.15, 0.2) is 0 Å². The normalized spacial score (nSPS) is 11.4. The molecule has 2 N–H and O–H groups in total. The van der Waals surface area contributed by atoms with Gasteiger partial charge in [0.05, 0.1) is 29.3 Å². The van der Waals surface area contributed by atoms with Crippen molar-refractivity contribution in [2.24, 2.45) is 19.5 Å². The van der Waals surface area contributed by atoms with E-state index in [9.17, 15) is 9.59 Å². The second kappa shape index (κ2) is 13.0. The zero-order valence-electron chi connectivity index (χ0n) is 25.8. The molecule has 2 amide bonds. The predicted octanol–water partition coefficient (Wildman–Crippen LogP) is 5.30. The Bertz CT molecular complexity index is 1840. The molecule has 0 atom stereocenters. The highest BCUT2D eigenvalue weighted by atomic mass is 16.3. The molecule has 0 saturated heterocycles. The molecule has 2 aromatic carbocycles. The maximum absolute atomic E-state index is 13.5. The van der Waals surface area contributed by atoms with Gasteiger partial charge < -0.3 is 19.5 Å². The lowest BCUT2D eigenvalue weighted by Crippen LogP contribution is -2.42. The Labute approximate surface area is 256 Å². The molecule has 6 aromatic rings. The third-order valence-corrected chi connectivity index (χ3v) is 7.76. The Balaban J connectivity index is 0.000000245. The SMILES string of the molecule is Cc1cc(CC(C)(Cc2cc(C)nn2C)C(=O)NCc2ccc3occc3c2)n(C)n1.O=CNCc1ccc2occc2c1. The number of carbonyl (C=O) groups excluding carboxylic acids is 2. The first-order chi connectivity index (χ1) is 21.1. The third kappa shape index (κ3) is 7.08. The number of carbonyl (C=O) groups is 2. The minimum absolute atomic E-state index is 0.0116. The fourth-order valence-electron chi connectivity index (χ4n) is 5.49. The molecule has 0 aliphatic rings. The summed E-state index contributed by atoms with van der Waals surface area (Å²) in [5, 5.41) is 16.8. The van der Waals surface area contributed by atoms with E-state index in [2.05, 4.69) is 20.8 Å². The molecular weight excluding hydrogens is 556 g/mol. The molecular formula is C34H38N6O4. The zero-order valence-corrected chi connectivity index (χ0v) is 25.8. The highest BCUT2D eigenvalue weighted by Crippen LogP contribution is 2.29. The third-order valence-electron chi connectivity index (χ3n) is 7.76. The largest absolute Gasteiger partial charge is 0.464 e. The van der Waals surface area contributed by atoms with E-state index >= 15 is 0 Å². The van der Waals surface area contributed by atoms with Crippen molar-refractivity contribution in [1.82, 2.24) is 30.2 Å². The summed E-state index contributed by atoms with van der Waals surface area (Å²) >= 11 is 0. The van der Waals surface area contributed by atoms with Crippen LogP contribution >= 0.6 is 0 Å². The smallest absolute Gasteiger partial charge is 0.226 e. The summed E-state index contributed by atoms with van der Waals surface area (Å²) in [4.78, 5) is 23.6. The average Bonchev–Trinajstić information content (AvgIpc) is 3.78. The minimum atomic E-state index is -0.653. The molecule has 6 rings (SSSR count). The van der Waals surface area contributed by atoms with Gasteiger partial charge in [-0.1, -0.05) is 19.1 Å². The quantitative estimate of drug-likeness (QED) is 0.208. The van der Waals surface area contributed by atoms with Crippen molar-refractivity contribution in [1.29, 1.82) is 0 Å². The van der Waals surface area contributed by atoms with Gasteiger partial charge in [0.1, 0.15) is 11.2 Å². The maximum atomic E-state index is 13.5. The van der Waals surface area contributed by atoms with Gasteiger partial charge in [-0.3, -0.25) is 19.0 Å². The zero-order chi connectivity index (χ0) is 31.3. The van der Waals surface area contributed by atoms with E-state index in [4.69, 9.17) is 8.83 Å². The van der Waals surface area contributed by atoms with E-state index in [0.29, 0.717) is 32.3 Å². The number of aromatic nitrogens is 4. The van der Waals surface area contributed by atoms with Crippen LogP contribution in [0, 0.1) is 19.3 Å². The fourth-order valence-corrected chi connectivity index (χ4v) is 5.49. The molecule has 0 fully saturated rings. The van der Waals surface area contributed by atoms with Gasteiger partial charge in [0.2, 0.25) is 12.3 Å². The number of benzene rings is 2. The Morgan fingerprint density at radius 2 is 1.30 bits per heavy atom. The highest BCUT2D eigenvalue weighted by Gasteiger charge is 2.35. The van der Waals surface area contributed by atoms with E-state index in [1.54, 1.807) is 12.5 Å². The van der Waals surface area contributed by atoms with E-state index in [0.717, 1.165) is 55.8 Å². The summed E-state index contributed by atoms with van der Waals surface area (Å²) in [5.74, 6) is 0.0116. The maximum Gasteiger partial charge on any atom is 0.226 e. The molecule has 44 heavy (non-hydrogen) atoms. The first kappa shape index (κ1) is 30.3. The topological polar surface area (TPSA) is 120 Å². The highest BCUT2D eigenvalue weighted by molar-refractivity contribution is 5.83. The van der Waals surface area contributed by atoms with E-state index in [-0.39, 0.29) is 5.91 Å². The molecule has 0 aliphatic carbocycles. The first-order valence-corrected chi connectivity index (χ1v) is 14.5. The van der Waals surface area contributed by atoms with Crippen LogP contribution in [-0.2, 0) is 49.6 Å². The molecule has 0 saturated carbocycles. The second-order valence-corrected chi connectivity index (χ2v) is 11.5. The van der Waals surface area contributed by atoms with Gasteiger partial charge in [0.25, 0.3) is 0 Å². The van der Waals surface area contributed by atoms with E-state index < -0.39 is 5.41 Å². The lowest BCUT2D eigenvalue weighted by atomic mass is 9.79. The van der Waals surface area contributed by atoms with Gasteiger partial charge >= 0.3 is 0 Å². The molecule has 0 bridgehead atoms.